The van der Waals surface area contributed by atoms with Gasteiger partial charge in [-0.05, 0) is 90.2 Å². The highest BCUT2D eigenvalue weighted by atomic mass is 14.7. The molecule has 1 heterocycles. The molecule has 1 heteroatoms. The first-order valence-electron chi connectivity index (χ1n) is 9.24. The van der Waals surface area contributed by atoms with E-state index >= 15 is 0 Å². The molecular formula is C22H25N. The molecule has 2 bridgehead atoms. The van der Waals surface area contributed by atoms with Gasteiger partial charge in [-0.25, -0.2) is 0 Å². The van der Waals surface area contributed by atoms with Gasteiger partial charge < -0.3 is 0 Å². The number of benzene rings is 1. The van der Waals surface area contributed by atoms with Crippen LogP contribution in [0.5, 0.6) is 0 Å². The summed E-state index contributed by atoms with van der Waals surface area (Å²) >= 11 is 0. The molecule has 2 aromatic rings. The van der Waals surface area contributed by atoms with Gasteiger partial charge in [0.1, 0.15) is 0 Å². The van der Waals surface area contributed by atoms with Crippen LogP contribution in [0.1, 0.15) is 61.3 Å². The first-order valence-corrected chi connectivity index (χ1v) is 9.24. The van der Waals surface area contributed by atoms with Crippen molar-refractivity contribution in [3.63, 3.8) is 0 Å². The van der Waals surface area contributed by atoms with Crippen LogP contribution < -0.4 is 0 Å². The lowest BCUT2D eigenvalue weighted by Crippen LogP contribution is -2.48. The van der Waals surface area contributed by atoms with E-state index in [0.717, 1.165) is 11.8 Å². The summed E-state index contributed by atoms with van der Waals surface area (Å²) in [6.07, 6.45) is 9.96. The standard InChI is InChI=1S/C22H25N/c1-22(2)18-10-17-13-23-21(12-19(17)20(22)11-18)16-8-7-14-5-3-4-6-15(14)9-16/h7-9,12-13,18,20H,3-6,10-11H2,1-2H3. The summed E-state index contributed by atoms with van der Waals surface area (Å²) in [4.78, 5) is 4.81. The Bertz CT molecular complexity index is 787. The predicted octanol–water partition coefficient (Wildman–Crippen LogP) is 5.31. The molecule has 1 aromatic heterocycles. The zero-order chi connectivity index (χ0) is 15.6. The Balaban J connectivity index is 1.56. The van der Waals surface area contributed by atoms with Crippen LogP contribution in [0.3, 0.4) is 0 Å². The number of pyridine rings is 1. The van der Waals surface area contributed by atoms with Gasteiger partial charge >= 0.3 is 0 Å². The number of nitrogens with zero attached hydrogens (tertiary/aromatic N) is 1. The predicted molar refractivity (Wildman–Crippen MR) is 94.6 cm³/mol. The molecule has 1 saturated carbocycles. The number of fused-ring (bicyclic) bond motifs is 1. The number of aryl methyl sites for hydroxylation is 2. The van der Waals surface area contributed by atoms with Crippen LogP contribution in [-0.4, -0.2) is 4.98 Å². The van der Waals surface area contributed by atoms with Gasteiger partial charge in [0.15, 0.2) is 0 Å². The molecule has 2 atom stereocenters. The van der Waals surface area contributed by atoms with E-state index in [1.165, 1.54) is 55.3 Å². The number of rotatable bonds is 1. The molecule has 0 N–H and O–H groups in total. The van der Waals surface area contributed by atoms with Crippen LogP contribution in [0.4, 0.5) is 0 Å². The van der Waals surface area contributed by atoms with Crippen molar-refractivity contribution in [2.75, 3.05) is 0 Å². The second-order valence-electron chi connectivity index (χ2n) is 8.47. The number of aromatic nitrogens is 1. The first kappa shape index (κ1) is 13.8. The average molecular weight is 303 g/mol. The smallest absolute Gasteiger partial charge is 0.0705 e. The second kappa shape index (κ2) is 4.69. The minimum absolute atomic E-state index is 0.488. The summed E-state index contributed by atoms with van der Waals surface area (Å²) in [5.41, 5.74) is 9.18. The van der Waals surface area contributed by atoms with Crippen molar-refractivity contribution in [3.05, 3.63) is 52.7 Å². The third kappa shape index (κ3) is 1.95. The number of hydrogen-bond acceptors (Lipinski definition) is 1. The van der Waals surface area contributed by atoms with Crippen LogP contribution in [0.2, 0.25) is 0 Å². The summed E-state index contributed by atoms with van der Waals surface area (Å²) in [6, 6.07) is 9.44. The fourth-order valence-corrected chi connectivity index (χ4v) is 5.20. The second-order valence-corrected chi connectivity index (χ2v) is 8.47. The minimum atomic E-state index is 0.488. The fourth-order valence-electron chi connectivity index (χ4n) is 5.20. The van der Waals surface area contributed by atoms with Crippen LogP contribution in [0.15, 0.2) is 30.5 Å². The molecule has 0 spiro atoms. The highest BCUT2D eigenvalue weighted by Crippen LogP contribution is 2.62. The molecule has 4 aliphatic carbocycles. The molecule has 2 unspecified atom stereocenters. The van der Waals surface area contributed by atoms with Crippen molar-refractivity contribution in [3.8, 4) is 11.3 Å². The summed E-state index contributed by atoms with van der Waals surface area (Å²) < 4.78 is 0. The molecule has 0 aliphatic heterocycles. The summed E-state index contributed by atoms with van der Waals surface area (Å²) in [5, 5.41) is 0. The highest BCUT2D eigenvalue weighted by molar-refractivity contribution is 5.63. The van der Waals surface area contributed by atoms with Crippen molar-refractivity contribution < 1.29 is 0 Å². The fraction of sp³-hybridized carbons (Fsp3) is 0.500. The molecule has 1 nitrogen and oxygen atoms in total. The molecule has 4 aliphatic rings. The lowest BCUT2D eigenvalue weighted by Gasteiger charge is -2.57. The topological polar surface area (TPSA) is 12.9 Å². The van der Waals surface area contributed by atoms with Crippen LogP contribution in [0.25, 0.3) is 11.3 Å². The Morgan fingerprint density at radius 2 is 1.83 bits per heavy atom. The summed E-state index contributed by atoms with van der Waals surface area (Å²) in [7, 11) is 0. The Morgan fingerprint density at radius 1 is 1.00 bits per heavy atom. The zero-order valence-corrected chi connectivity index (χ0v) is 14.2. The quantitative estimate of drug-likeness (QED) is 0.695. The zero-order valence-electron chi connectivity index (χ0n) is 14.2. The molecule has 23 heavy (non-hydrogen) atoms. The monoisotopic (exact) mass is 303 g/mol. The van der Waals surface area contributed by atoms with Crippen LogP contribution >= 0.6 is 0 Å². The van der Waals surface area contributed by atoms with Gasteiger partial charge in [0.25, 0.3) is 0 Å². The lowest BCUT2D eigenvalue weighted by molar-refractivity contribution is 0.0184. The molecule has 1 aromatic carbocycles. The largest absolute Gasteiger partial charge is 0.256 e. The van der Waals surface area contributed by atoms with Crippen molar-refractivity contribution in [2.45, 2.75) is 58.3 Å². The Hall–Kier alpha value is -1.63. The van der Waals surface area contributed by atoms with E-state index in [9.17, 15) is 0 Å². The van der Waals surface area contributed by atoms with Crippen LogP contribution in [-0.2, 0) is 19.3 Å². The van der Waals surface area contributed by atoms with Crippen LogP contribution in [0, 0.1) is 11.3 Å². The van der Waals surface area contributed by atoms with Gasteiger partial charge in [-0.2, -0.15) is 0 Å². The van der Waals surface area contributed by atoms with E-state index in [1.807, 2.05) is 0 Å². The highest BCUT2D eigenvalue weighted by Gasteiger charge is 2.52. The normalized spacial score (nSPS) is 26.9. The summed E-state index contributed by atoms with van der Waals surface area (Å²) in [6.45, 7) is 4.90. The Labute approximate surface area is 139 Å². The molecule has 118 valence electrons. The molecule has 1 fully saturated rings. The lowest BCUT2D eigenvalue weighted by atomic mass is 9.47. The van der Waals surface area contributed by atoms with Crippen molar-refractivity contribution in [2.24, 2.45) is 11.3 Å². The van der Waals surface area contributed by atoms with Gasteiger partial charge in [0, 0.05) is 11.8 Å². The van der Waals surface area contributed by atoms with E-state index in [4.69, 9.17) is 4.98 Å². The minimum Gasteiger partial charge on any atom is -0.256 e. The van der Waals surface area contributed by atoms with E-state index < -0.39 is 0 Å². The van der Waals surface area contributed by atoms with Gasteiger partial charge in [0.2, 0.25) is 0 Å². The van der Waals surface area contributed by atoms with E-state index in [2.05, 4.69) is 44.3 Å². The van der Waals surface area contributed by atoms with E-state index in [1.54, 1.807) is 16.7 Å². The average Bonchev–Trinajstić information content (AvgIpc) is 2.60. The first-order chi connectivity index (χ1) is 11.1. The van der Waals surface area contributed by atoms with E-state index in [-0.39, 0.29) is 0 Å². The van der Waals surface area contributed by atoms with Gasteiger partial charge in [0.05, 0.1) is 5.69 Å². The molecular weight excluding hydrogens is 278 g/mol. The van der Waals surface area contributed by atoms with Gasteiger partial charge in [-0.3, -0.25) is 4.98 Å². The van der Waals surface area contributed by atoms with Gasteiger partial charge in [-0.1, -0.05) is 26.0 Å². The summed E-state index contributed by atoms with van der Waals surface area (Å²) in [5.74, 6) is 1.62. The maximum Gasteiger partial charge on any atom is 0.0705 e. The Kier molecular flexibility index (Phi) is 2.81. The van der Waals surface area contributed by atoms with Crippen molar-refractivity contribution in [1.82, 2.24) is 4.98 Å². The maximum absolute atomic E-state index is 4.81. The van der Waals surface area contributed by atoms with Gasteiger partial charge in [-0.15, -0.1) is 0 Å². The van der Waals surface area contributed by atoms with E-state index in [0.29, 0.717) is 5.41 Å². The molecule has 0 amide bonds. The SMILES string of the molecule is CC1(C)C2Cc3cnc(-c4ccc5c(c4)CCCC5)cc3C1C2. The third-order valence-electron chi connectivity index (χ3n) is 6.98. The van der Waals surface area contributed by atoms with Crippen molar-refractivity contribution in [1.29, 1.82) is 0 Å². The Morgan fingerprint density at radius 3 is 2.65 bits per heavy atom. The molecule has 6 rings (SSSR count). The van der Waals surface area contributed by atoms with Crippen molar-refractivity contribution >= 4 is 0 Å². The maximum atomic E-state index is 4.81. The molecule has 0 saturated heterocycles. The molecule has 0 radical (unpaired) electrons. The third-order valence-corrected chi connectivity index (χ3v) is 6.98. The number of hydrogen-bond donors (Lipinski definition) is 0.